The Morgan fingerprint density at radius 2 is 1.85 bits per heavy atom. The zero-order valence-electron chi connectivity index (χ0n) is 14.7. The van der Waals surface area contributed by atoms with Crippen LogP contribution in [0.1, 0.15) is 30.4 Å². The summed E-state index contributed by atoms with van der Waals surface area (Å²) in [4.78, 5) is 27.1. The van der Waals surface area contributed by atoms with Gasteiger partial charge in [0, 0.05) is 28.1 Å². The van der Waals surface area contributed by atoms with Gasteiger partial charge in [0.25, 0.3) is 0 Å². The summed E-state index contributed by atoms with van der Waals surface area (Å²) in [6, 6.07) is 12.9. The van der Waals surface area contributed by atoms with Crippen molar-refractivity contribution in [3.8, 4) is 0 Å². The number of benzene rings is 2. The van der Waals surface area contributed by atoms with E-state index in [0.717, 1.165) is 12.1 Å². The monoisotopic (exact) mass is 401 g/mol. The Balaban J connectivity index is 1.81. The number of aryl methyl sites for hydroxylation is 1. The maximum atomic E-state index is 13.0. The Morgan fingerprint density at radius 3 is 2.52 bits per heavy atom. The molecule has 2 heterocycles. The van der Waals surface area contributed by atoms with Gasteiger partial charge in [0.15, 0.2) is 0 Å². The summed E-state index contributed by atoms with van der Waals surface area (Å²) in [6.45, 7) is 2.16. The average molecular weight is 402 g/mol. The molecule has 0 bridgehead atoms. The van der Waals surface area contributed by atoms with Gasteiger partial charge in [-0.15, -0.1) is 0 Å². The van der Waals surface area contributed by atoms with E-state index in [2.05, 4.69) is 6.92 Å². The highest BCUT2D eigenvalue weighted by molar-refractivity contribution is 6.35. The molecule has 1 amide bonds. The molecule has 4 rings (SSSR count). The number of esters is 1. The third-order valence-corrected chi connectivity index (χ3v) is 5.62. The number of hydrogen-bond acceptors (Lipinski definition) is 3. The van der Waals surface area contributed by atoms with Crippen LogP contribution in [0.25, 0.3) is 0 Å². The quantitative estimate of drug-likeness (QED) is 0.687. The van der Waals surface area contributed by atoms with Crippen LogP contribution in [0.5, 0.6) is 0 Å². The van der Waals surface area contributed by atoms with Crippen LogP contribution in [0.4, 0.5) is 5.69 Å². The van der Waals surface area contributed by atoms with Gasteiger partial charge in [-0.1, -0.05) is 48.3 Å². The highest BCUT2D eigenvalue weighted by Gasteiger charge is 2.43. The largest absolute Gasteiger partial charge is 0.456 e. The van der Waals surface area contributed by atoms with E-state index < -0.39 is 11.9 Å². The minimum Gasteiger partial charge on any atom is -0.456 e. The summed E-state index contributed by atoms with van der Waals surface area (Å²) < 4.78 is 5.28. The summed E-state index contributed by atoms with van der Waals surface area (Å²) in [6.07, 6.45) is 1.06. The van der Waals surface area contributed by atoms with E-state index in [9.17, 15) is 9.59 Å². The van der Waals surface area contributed by atoms with Crippen molar-refractivity contribution in [2.24, 2.45) is 0 Å². The Morgan fingerprint density at radius 1 is 1.11 bits per heavy atom. The lowest BCUT2D eigenvalue weighted by Gasteiger charge is -2.32. The zero-order valence-corrected chi connectivity index (χ0v) is 16.2. The van der Waals surface area contributed by atoms with E-state index in [1.807, 2.05) is 24.3 Å². The molecule has 0 radical (unpaired) electrons. The lowest BCUT2D eigenvalue weighted by molar-refractivity contribution is -0.136. The van der Waals surface area contributed by atoms with Crippen molar-refractivity contribution >= 4 is 40.8 Å². The third-order valence-electron chi connectivity index (χ3n) is 5.06. The molecule has 2 aliphatic rings. The van der Waals surface area contributed by atoms with Crippen molar-refractivity contribution < 1.29 is 14.3 Å². The molecule has 0 N–H and O–H groups in total. The number of halogens is 2. The number of cyclic esters (lactones) is 1. The second-order valence-electron chi connectivity index (χ2n) is 6.61. The van der Waals surface area contributed by atoms with Gasteiger partial charge in [0.2, 0.25) is 5.91 Å². The summed E-state index contributed by atoms with van der Waals surface area (Å²) in [5.74, 6) is -0.922. The highest BCUT2D eigenvalue weighted by Crippen LogP contribution is 2.44. The van der Waals surface area contributed by atoms with E-state index in [1.165, 1.54) is 5.56 Å². The molecule has 0 aromatic heterocycles. The molecule has 1 atom stereocenters. The van der Waals surface area contributed by atoms with Crippen LogP contribution >= 0.6 is 23.2 Å². The Bertz CT molecular complexity index is 966. The van der Waals surface area contributed by atoms with Crippen LogP contribution < -0.4 is 4.90 Å². The molecule has 2 aliphatic heterocycles. The summed E-state index contributed by atoms with van der Waals surface area (Å²) in [5, 5.41) is 0.944. The minimum absolute atomic E-state index is 0.0805. The number of anilines is 1. The van der Waals surface area contributed by atoms with Crippen molar-refractivity contribution in [1.82, 2.24) is 0 Å². The molecular weight excluding hydrogens is 385 g/mol. The van der Waals surface area contributed by atoms with Crippen LogP contribution in [-0.2, 0) is 20.7 Å². The topological polar surface area (TPSA) is 46.6 Å². The van der Waals surface area contributed by atoms with Crippen LogP contribution in [0, 0.1) is 0 Å². The number of hydrogen-bond donors (Lipinski definition) is 0. The van der Waals surface area contributed by atoms with E-state index in [0.29, 0.717) is 26.9 Å². The van der Waals surface area contributed by atoms with Gasteiger partial charge in [-0.25, -0.2) is 4.79 Å². The van der Waals surface area contributed by atoms with Gasteiger partial charge in [0.1, 0.15) is 6.61 Å². The maximum Gasteiger partial charge on any atom is 0.336 e. The fourth-order valence-electron chi connectivity index (χ4n) is 3.68. The Hall–Kier alpha value is -2.30. The molecule has 0 spiro atoms. The molecular formula is C21H17Cl2NO3. The first-order chi connectivity index (χ1) is 13.0. The predicted molar refractivity (Wildman–Crippen MR) is 105 cm³/mol. The first kappa shape index (κ1) is 18.1. The predicted octanol–water partition coefficient (Wildman–Crippen LogP) is 4.89. The third kappa shape index (κ3) is 3.13. The molecule has 27 heavy (non-hydrogen) atoms. The lowest BCUT2D eigenvalue weighted by atomic mass is 9.84. The second kappa shape index (κ2) is 7.02. The molecule has 2 aromatic carbocycles. The lowest BCUT2D eigenvalue weighted by Crippen LogP contribution is -2.37. The molecule has 1 unspecified atom stereocenters. The van der Waals surface area contributed by atoms with Crippen molar-refractivity contribution in [1.29, 1.82) is 0 Å². The zero-order chi connectivity index (χ0) is 19.1. The number of carbonyl (C=O) groups excluding carboxylic acids is 2. The van der Waals surface area contributed by atoms with Crippen molar-refractivity contribution in [2.75, 3.05) is 11.5 Å². The average Bonchev–Trinajstić information content (AvgIpc) is 3.03. The Kier molecular flexibility index (Phi) is 4.70. The summed E-state index contributed by atoms with van der Waals surface area (Å²) in [5.41, 5.74) is 3.72. The summed E-state index contributed by atoms with van der Waals surface area (Å²) in [7, 11) is 0. The van der Waals surface area contributed by atoms with E-state index >= 15 is 0 Å². The minimum atomic E-state index is -0.432. The smallest absolute Gasteiger partial charge is 0.336 e. The molecule has 0 saturated heterocycles. The van der Waals surface area contributed by atoms with Gasteiger partial charge < -0.3 is 4.74 Å². The molecule has 0 fully saturated rings. The van der Waals surface area contributed by atoms with Crippen molar-refractivity contribution in [3.05, 3.63) is 74.9 Å². The van der Waals surface area contributed by atoms with Crippen LogP contribution in [0.15, 0.2) is 53.7 Å². The maximum absolute atomic E-state index is 13.0. The number of amides is 1. The molecule has 138 valence electrons. The standard InChI is InChI=1S/C21H17Cl2NO3/c1-2-12-3-6-14(7-4-12)24-18-11-27-21(26)20(18)16(10-19(24)25)15-8-5-13(22)9-17(15)23/h3-9,16H,2,10-11H2,1H3. The summed E-state index contributed by atoms with van der Waals surface area (Å²) >= 11 is 12.3. The SMILES string of the molecule is CCc1ccc(N2C(=O)CC(c3ccc(Cl)cc3Cl)C3=C2COC3=O)cc1. The Labute approximate surface area is 167 Å². The van der Waals surface area contributed by atoms with Crippen LogP contribution in [0.3, 0.4) is 0 Å². The first-order valence-electron chi connectivity index (χ1n) is 8.76. The normalized spacial score (nSPS) is 19.4. The molecule has 0 aliphatic carbocycles. The number of rotatable bonds is 3. The van der Waals surface area contributed by atoms with Crippen molar-refractivity contribution in [3.63, 3.8) is 0 Å². The number of nitrogens with zero attached hydrogens (tertiary/aromatic N) is 1. The van der Waals surface area contributed by atoms with Gasteiger partial charge >= 0.3 is 5.97 Å². The fraction of sp³-hybridized carbons (Fsp3) is 0.238. The van der Waals surface area contributed by atoms with Gasteiger partial charge in [-0.05, 0) is 41.8 Å². The molecule has 4 nitrogen and oxygen atoms in total. The van der Waals surface area contributed by atoms with Crippen molar-refractivity contribution in [2.45, 2.75) is 25.7 Å². The molecule has 0 saturated carbocycles. The molecule has 2 aromatic rings. The second-order valence-corrected chi connectivity index (χ2v) is 7.45. The van der Waals surface area contributed by atoms with Gasteiger partial charge in [0.05, 0.1) is 11.3 Å². The number of ether oxygens (including phenoxy) is 1. The van der Waals surface area contributed by atoms with E-state index in [1.54, 1.807) is 23.1 Å². The van der Waals surface area contributed by atoms with Gasteiger partial charge in [-0.2, -0.15) is 0 Å². The first-order valence-corrected chi connectivity index (χ1v) is 9.52. The van der Waals surface area contributed by atoms with E-state index in [4.69, 9.17) is 27.9 Å². The van der Waals surface area contributed by atoms with E-state index in [-0.39, 0.29) is 18.9 Å². The van der Waals surface area contributed by atoms with Crippen LogP contribution in [0.2, 0.25) is 10.0 Å². The fourth-order valence-corrected chi connectivity index (χ4v) is 4.22. The number of carbonyl (C=O) groups is 2. The molecule has 6 heteroatoms. The van der Waals surface area contributed by atoms with Crippen LogP contribution in [-0.4, -0.2) is 18.5 Å². The van der Waals surface area contributed by atoms with Gasteiger partial charge in [-0.3, -0.25) is 9.69 Å². The highest BCUT2D eigenvalue weighted by atomic mass is 35.5.